The van der Waals surface area contributed by atoms with Crippen LogP contribution in [0.15, 0.2) is 30.4 Å². The molecule has 3 nitrogen and oxygen atoms in total. The number of halogens is 1. The molecule has 0 radical (unpaired) electrons. The lowest BCUT2D eigenvalue weighted by molar-refractivity contribution is -0.144. The van der Waals surface area contributed by atoms with Crippen LogP contribution in [0.3, 0.4) is 0 Å². The lowest BCUT2D eigenvalue weighted by Gasteiger charge is -2.45. The summed E-state index contributed by atoms with van der Waals surface area (Å²) in [5.41, 5.74) is 0. The Morgan fingerprint density at radius 1 is 1.03 bits per heavy atom. The van der Waals surface area contributed by atoms with E-state index in [1.54, 1.807) is 12.1 Å². The smallest absolute Gasteiger partial charge is 0.314 e. The maximum absolute atomic E-state index is 14.3. The van der Waals surface area contributed by atoms with Gasteiger partial charge in [0.2, 0.25) is 0 Å². The molecule has 0 saturated heterocycles. The minimum atomic E-state index is -0.497. The Morgan fingerprint density at radius 3 is 2.56 bits per heavy atom. The van der Waals surface area contributed by atoms with Crippen LogP contribution in [0, 0.1) is 41.3 Å². The van der Waals surface area contributed by atoms with Gasteiger partial charge in [-0.25, -0.2) is 4.39 Å². The number of benzene rings is 1. The SMILES string of the molecule is C/C=C/COc1ccc(OC(=O)C2CCCC3CC(C4CCC(C)CC4)CCC32)cc1F. The molecular formula is C28H39FO3. The molecule has 4 atom stereocenters. The van der Waals surface area contributed by atoms with Gasteiger partial charge >= 0.3 is 5.97 Å². The van der Waals surface area contributed by atoms with Crippen molar-refractivity contribution in [3.05, 3.63) is 36.2 Å². The average molecular weight is 443 g/mol. The summed E-state index contributed by atoms with van der Waals surface area (Å²) in [7, 11) is 0. The van der Waals surface area contributed by atoms with Crippen molar-refractivity contribution in [2.75, 3.05) is 6.61 Å². The van der Waals surface area contributed by atoms with E-state index in [-0.39, 0.29) is 23.4 Å². The first-order chi connectivity index (χ1) is 15.5. The quantitative estimate of drug-likeness (QED) is 0.262. The fraction of sp³-hybridized carbons (Fsp3) is 0.679. The Morgan fingerprint density at radius 2 is 1.81 bits per heavy atom. The Bertz CT molecular complexity index is 796. The second-order valence-corrected chi connectivity index (χ2v) is 10.4. The first kappa shape index (κ1) is 23.3. The van der Waals surface area contributed by atoms with E-state index in [1.165, 1.54) is 51.0 Å². The molecule has 176 valence electrons. The van der Waals surface area contributed by atoms with Crippen molar-refractivity contribution in [3.63, 3.8) is 0 Å². The predicted molar refractivity (Wildman–Crippen MR) is 125 cm³/mol. The molecule has 3 aliphatic carbocycles. The molecule has 3 fully saturated rings. The van der Waals surface area contributed by atoms with Gasteiger partial charge in [-0.1, -0.05) is 44.8 Å². The minimum absolute atomic E-state index is 0.0465. The summed E-state index contributed by atoms with van der Waals surface area (Å²) in [6, 6.07) is 4.44. The molecule has 4 heteroatoms. The number of carbonyl (C=O) groups is 1. The van der Waals surface area contributed by atoms with Crippen LogP contribution >= 0.6 is 0 Å². The van der Waals surface area contributed by atoms with Crippen LogP contribution < -0.4 is 9.47 Å². The first-order valence-corrected chi connectivity index (χ1v) is 12.8. The van der Waals surface area contributed by atoms with Crippen molar-refractivity contribution in [2.45, 2.75) is 78.1 Å². The molecular weight excluding hydrogens is 403 g/mol. The van der Waals surface area contributed by atoms with Crippen molar-refractivity contribution in [3.8, 4) is 11.5 Å². The lowest BCUT2D eigenvalue weighted by atomic mass is 9.59. The van der Waals surface area contributed by atoms with Crippen LogP contribution in [0.25, 0.3) is 0 Å². The van der Waals surface area contributed by atoms with Crippen molar-refractivity contribution in [2.24, 2.45) is 35.5 Å². The molecule has 4 rings (SSSR count). The van der Waals surface area contributed by atoms with E-state index < -0.39 is 5.82 Å². The highest BCUT2D eigenvalue weighted by atomic mass is 19.1. The molecule has 0 spiro atoms. The van der Waals surface area contributed by atoms with Gasteiger partial charge in [0.15, 0.2) is 11.6 Å². The third-order valence-electron chi connectivity index (χ3n) is 8.41. The van der Waals surface area contributed by atoms with Crippen molar-refractivity contribution >= 4 is 5.97 Å². The number of esters is 1. The summed E-state index contributed by atoms with van der Waals surface area (Å²) >= 11 is 0. The number of carbonyl (C=O) groups excluding carboxylic acids is 1. The zero-order valence-electron chi connectivity index (χ0n) is 19.7. The van der Waals surface area contributed by atoms with E-state index in [2.05, 4.69) is 6.92 Å². The van der Waals surface area contributed by atoms with Gasteiger partial charge in [-0.3, -0.25) is 4.79 Å². The molecule has 1 aromatic rings. The van der Waals surface area contributed by atoms with Gasteiger partial charge in [-0.2, -0.15) is 0 Å². The van der Waals surface area contributed by atoms with Gasteiger partial charge in [-0.05, 0) is 87.2 Å². The summed E-state index contributed by atoms with van der Waals surface area (Å²) in [5.74, 6) is 3.47. The van der Waals surface area contributed by atoms with Gasteiger partial charge in [0, 0.05) is 6.07 Å². The molecule has 0 amide bonds. The number of allylic oxidation sites excluding steroid dienone is 1. The number of hydrogen-bond donors (Lipinski definition) is 0. The highest BCUT2D eigenvalue weighted by Crippen LogP contribution is 2.50. The summed E-state index contributed by atoms with van der Waals surface area (Å²) in [5, 5.41) is 0. The van der Waals surface area contributed by atoms with E-state index in [0.29, 0.717) is 18.4 Å². The number of hydrogen-bond acceptors (Lipinski definition) is 3. The molecule has 3 aliphatic rings. The fourth-order valence-electron chi connectivity index (χ4n) is 6.57. The molecule has 1 aromatic carbocycles. The molecule has 3 saturated carbocycles. The third kappa shape index (κ3) is 5.55. The largest absolute Gasteiger partial charge is 0.486 e. The predicted octanol–water partition coefficient (Wildman–Crippen LogP) is 7.34. The van der Waals surface area contributed by atoms with Gasteiger partial charge in [0.25, 0.3) is 0 Å². The van der Waals surface area contributed by atoms with Gasteiger partial charge in [0.05, 0.1) is 5.92 Å². The van der Waals surface area contributed by atoms with E-state index in [9.17, 15) is 9.18 Å². The zero-order valence-corrected chi connectivity index (χ0v) is 19.7. The van der Waals surface area contributed by atoms with Crippen LogP contribution in [-0.2, 0) is 4.79 Å². The van der Waals surface area contributed by atoms with Crippen LogP contribution in [0.4, 0.5) is 4.39 Å². The maximum Gasteiger partial charge on any atom is 0.314 e. The molecule has 4 unspecified atom stereocenters. The summed E-state index contributed by atoms with van der Waals surface area (Å²) in [4.78, 5) is 13.1. The maximum atomic E-state index is 14.3. The molecule has 0 aromatic heterocycles. The van der Waals surface area contributed by atoms with Gasteiger partial charge in [0.1, 0.15) is 12.4 Å². The van der Waals surface area contributed by atoms with E-state index in [1.807, 2.05) is 19.1 Å². The molecule has 0 N–H and O–H groups in total. The number of ether oxygens (including phenoxy) is 2. The fourth-order valence-corrected chi connectivity index (χ4v) is 6.57. The van der Waals surface area contributed by atoms with Crippen LogP contribution in [0.5, 0.6) is 11.5 Å². The molecule has 0 bridgehead atoms. The van der Waals surface area contributed by atoms with Crippen LogP contribution in [-0.4, -0.2) is 12.6 Å². The van der Waals surface area contributed by atoms with E-state index in [0.717, 1.165) is 37.0 Å². The number of fused-ring (bicyclic) bond motifs is 1. The Kier molecular flexibility index (Phi) is 7.91. The van der Waals surface area contributed by atoms with E-state index in [4.69, 9.17) is 9.47 Å². The standard InChI is InChI=1S/C28H39FO3/c1-3-4-16-31-27-15-13-23(18-26(27)29)32-28(30)25-7-5-6-22-17-21(12-14-24(22)25)20-10-8-19(2)9-11-20/h3-4,13,15,18-22,24-25H,5-12,14,16-17H2,1-2H3/b4-3+. The first-order valence-electron chi connectivity index (χ1n) is 12.8. The van der Waals surface area contributed by atoms with E-state index >= 15 is 0 Å². The highest BCUT2D eigenvalue weighted by molar-refractivity contribution is 5.75. The second kappa shape index (κ2) is 10.9. The average Bonchev–Trinajstić information content (AvgIpc) is 2.80. The highest BCUT2D eigenvalue weighted by Gasteiger charge is 2.43. The third-order valence-corrected chi connectivity index (χ3v) is 8.41. The van der Waals surface area contributed by atoms with Crippen molar-refractivity contribution < 1.29 is 18.7 Å². The van der Waals surface area contributed by atoms with Crippen LogP contribution in [0.2, 0.25) is 0 Å². The summed E-state index contributed by atoms with van der Waals surface area (Å²) in [6.45, 7) is 4.60. The second-order valence-electron chi connectivity index (χ2n) is 10.4. The zero-order chi connectivity index (χ0) is 22.5. The monoisotopic (exact) mass is 442 g/mol. The molecule has 0 aliphatic heterocycles. The Hall–Kier alpha value is -1.84. The summed E-state index contributed by atoms with van der Waals surface area (Å²) in [6.07, 6.45) is 16.2. The normalized spacial score (nSPS) is 33.0. The Balaban J connectivity index is 1.34. The number of rotatable bonds is 6. The van der Waals surface area contributed by atoms with Crippen molar-refractivity contribution in [1.82, 2.24) is 0 Å². The lowest BCUT2D eigenvalue weighted by Crippen LogP contribution is -2.40. The topological polar surface area (TPSA) is 35.5 Å². The minimum Gasteiger partial charge on any atom is -0.486 e. The molecule has 32 heavy (non-hydrogen) atoms. The van der Waals surface area contributed by atoms with Crippen molar-refractivity contribution in [1.29, 1.82) is 0 Å². The molecule has 0 heterocycles. The van der Waals surface area contributed by atoms with Gasteiger partial charge < -0.3 is 9.47 Å². The van der Waals surface area contributed by atoms with Gasteiger partial charge in [-0.15, -0.1) is 0 Å². The van der Waals surface area contributed by atoms with Crippen LogP contribution in [0.1, 0.15) is 78.1 Å². The Labute approximate surface area is 192 Å². The summed E-state index contributed by atoms with van der Waals surface area (Å²) < 4.78 is 25.4.